The van der Waals surface area contributed by atoms with Crippen LogP contribution in [0.15, 0.2) is 10.9 Å². The molecule has 3 heterocycles. The third-order valence-electron chi connectivity index (χ3n) is 4.98. The summed E-state index contributed by atoms with van der Waals surface area (Å²) in [5, 5.41) is 1.80. The van der Waals surface area contributed by atoms with Gasteiger partial charge in [-0.1, -0.05) is 13.8 Å². The van der Waals surface area contributed by atoms with Crippen LogP contribution in [-0.2, 0) is 9.47 Å². The van der Waals surface area contributed by atoms with Crippen LogP contribution in [0.5, 0.6) is 0 Å². The summed E-state index contributed by atoms with van der Waals surface area (Å²) in [5.41, 5.74) is 1.86. The lowest BCUT2D eigenvalue weighted by Crippen LogP contribution is -2.47. The summed E-state index contributed by atoms with van der Waals surface area (Å²) < 4.78 is 12.2. The molecule has 1 aromatic heterocycles. The molecule has 2 saturated heterocycles. The number of carbonyl (C=O) groups is 1. The Balaban J connectivity index is 1.65. The van der Waals surface area contributed by atoms with Crippen LogP contribution in [0.25, 0.3) is 0 Å². The van der Waals surface area contributed by atoms with Crippen LogP contribution in [0.1, 0.15) is 37.2 Å². The lowest BCUT2D eigenvalue weighted by atomic mass is 10.00. The van der Waals surface area contributed by atoms with Crippen molar-refractivity contribution in [1.29, 1.82) is 0 Å². The van der Waals surface area contributed by atoms with Crippen molar-refractivity contribution < 1.29 is 14.3 Å². The van der Waals surface area contributed by atoms with E-state index in [9.17, 15) is 4.79 Å². The van der Waals surface area contributed by atoms with Gasteiger partial charge in [0.25, 0.3) is 5.91 Å². The maximum Gasteiger partial charge on any atom is 0.273 e. The van der Waals surface area contributed by atoms with Crippen molar-refractivity contribution in [3.63, 3.8) is 0 Å². The van der Waals surface area contributed by atoms with Crippen molar-refractivity contribution in [2.75, 3.05) is 45.9 Å². The van der Waals surface area contributed by atoms with Gasteiger partial charge in [0.15, 0.2) is 0 Å². The highest BCUT2D eigenvalue weighted by atomic mass is 32.1. The third kappa shape index (κ3) is 3.96. The van der Waals surface area contributed by atoms with E-state index >= 15 is 0 Å². The van der Waals surface area contributed by atoms with E-state index in [0.717, 1.165) is 32.5 Å². The molecule has 1 amide bonds. The number of ether oxygens (including phenoxy) is 2. The van der Waals surface area contributed by atoms with Gasteiger partial charge >= 0.3 is 0 Å². The Morgan fingerprint density at radius 1 is 1.50 bits per heavy atom. The molecule has 0 bridgehead atoms. The minimum atomic E-state index is -0.361. The first-order valence-electron chi connectivity index (χ1n) is 8.81. The van der Waals surface area contributed by atoms with Gasteiger partial charge in [0.2, 0.25) is 0 Å². The first kappa shape index (κ1) is 17.8. The average Bonchev–Trinajstić information content (AvgIpc) is 3.20. The molecule has 3 rings (SSSR count). The number of nitrogens with zero attached hydrogens (tertiary/aromatic N) is 3. The molecule has 0 aromatic carbocycles. The van der Waals surface area contributed by atoms with Crippen LogP contribution in [0.3, 0.4) is 0 Å². The van der Waals surface area contributed by atoms with E-state index in [4.69, 9.17) is 9.47 Å². The van der Waals surface area contributed by atoms with Crippen molar-refractivity contribution >= 4 is 17.2 Å². The van der Waals surface area contributed by atoms with E-state index in [0.29, 0.717) is 32.0 Å². The minimum absolute atomic E-state index is 0.0167. The SMILES string of the molecule is CCN(CC)C[C@@H]1CC[C@]2(COCCN(C(=O)c3cscn3)C2)O1. The Labute approximate surface area is 147 Å². The second kappa shape index (κ2) is 7.91. The molecule has 0 N–H and O–H groups in total. The summed E-state index contributed by atoms with van der Waals surface area (Å²) in [6.45, 7) is 9.70. The zero-order chi connectivity index (χ0) is 17.0. The molecule has 0 saturated carbocycles. The molecule has 0 unspecified atom stereocenters. The average molecular weight is 353 g/mol. The number of thiazole rings is 1. The van der Waals surface area contributed by atoms with Gasteiger partial charge in [-0.25, -0.2) is 4.98 Å². The molecule has 2 fully saturated rings. The van der Waals surface area contributed by atoms with Crippen molar-refractivity contribution in [1.82, 2.24) is 14.8 Å². The number of aromatic nitrogens is 1. The number of rotatable bonds is 5. The van der Waals surface area contributed by atoms with Crippen LogP contribution in [0, 0.1) is 0 Å². The van der Waals surface area contributed by atoms with Crippen molar-refractivity contribution in [2.24, 2.45) is 0 Å². The Morgan fingerprint density at radius 3 is 3.04 bits per heavy atom. The summed E-state index contributed by atoms with van der Waals surface area (Å²) in [7, 11) is 0. The Hall–Kier alpha value is -1.02. The predicted molar refractivity (Wildman–Crippen MR) is 93.5 cm³/mol. The number of likely N-dealkylation sites (N-methyl/N-ethyl adjacent to an activating group) is 1. The molecule has 7 heteroatoms. The van der Waals surface area contributed by atoms with E-state index in [1.807, 2.05) is 4.90 Å². The van der Waals surface area contributed by atoms with Crippen molar-refractivity contribution in [2.45, 2.75) is 38.4 Å². The van der Waals surface area contributed by atoms with Crippen LogP contribution in [0.2, 0.25) is 0 Å². The fraction of sp³-hybridized carbons (Fsp3) is 0.765. The molecule has 1 aromatic rings. The summed E-state index contributed by atoms with van der Waals surface area (Å²) in [4.78, 5) is 21.0. The highest BCUT2D eigenvalue weighted by Gasteiger charge is 2.44. The standard InChI is InChI=1S/C17H27N3O3S/c1-3-19(4-2)9-14-5-6-17(23-14)11-20(7-8-22-12-17)16(21)15-10-24-13-18-15/h10,13-14H,3-9,11-12H2,1-2H3/t14-,17-/m0/s1. The summed E-state index contributed by atoms with van der Waals surface area (Å²) >= 11 is 1.45. The quantitative estimate of drug-likeness (QED) is 0.809. The number of hydrogen-bond acceptors (Lipinski definition) is 6. The van der Waals surface area contributed by atoms with Gasteiger partial charge in [-0.3, -0.25) is 4.79 Å². The molecule has 2 atom stereocenters. The fourth-order valence-electron chi connectivity index (χ4n) is 3.58. The number of amides is 1. The lowest BCUT2D eigenvalue weighted by molar-refractivity contribution is -0.0896. The molecule has 2 aliphatic rings. The minimum Gasteiger partial charge on any atom is -0.377 e. The Kier molecular flexibility index (Phi) is 5.86. The van der Waals surface area contributed by atoms with Gasteiger partial charge < -0.3 is 19.3 Å². The molecule has 134 valence electrons. The zero-order valence-corrected chi connectivity index (χ0v) is 15.4. The monoisotopic (exact) mass is 353 g/mol. The molecule has 0 radical (unpaired) electrons. The fourth-order valence-corrected chi connectivity index (χ4v) is 4.10. The van der Waals surface area contributed by atoms with Crippen LogP contribution in [-0.4, -0.2) is 78.3 Å². The summed E-state index contributed by atoms with van der Waals surface area (Å²) in [5.74, 6) is -0.0167. The van der Waals surface area contributed by atoms with Crippen LogP contribution >= 0.6 is 11.3 Å². The van der Waals surface area contributed by atoms with E-state index in [2.05, 4.69) is 23.7 Å². The van der Waals surface area contributed by atoms with Crippen molar-refractivity contribution in [3.05, 3.63) is 16.6 Å². The zero-order valence-electron chi connectivity index (χ0n) is 14.6. The molecular formula is C17H27N3O3S. The van der Waals surface area contributed by atoms with E-state index in [1.165, 1.54) is 11.3 Å². The number of carbonyl (C=O) groups excluding carboxylic acids is 1. The molecule has 6 nitrogen and oxygen atoms in total. The molecule has 1 spiro atoms. The topological polar surface area (TPSA) is 54.9 Å². The first-order chi connectivity index (χ1) is 11.7. The van der Waals surface area contributed by atoms with Gasteiger partial charge in [-0.15, -0.1) is 11.3 Å². The lowest BCUT2D eigenvalue weighted by Gasteiger charge is -2.32. The maximum atomic E-state index is 12.7. The van der Waals surface area contributed by atoms with Gasteiger partial charge in [0, 0.05) is 18.5 Å². The Bertz CT molecular complexity index is 535. The van der Waals surface area contributed by atoms with Gasteiger partial charge in [0.05, 0.1) is 31.4 Å². The highest BCUT2D eigenvalue weighted by Crippen LogP contribution is 2.33. The van der Waals surface area contributed by atoms with Crippen LogP contribution < -0.4 is 0 Å². The highest BCUT2D eigenvalue weighted by molar-refractivity contribution is 7.07. The molecule has 2 aliphatic heterocycles. The third-order valence-corrected chi connectivity index (χ3v) is 5.57. The number of hydrogen-bond donors (Lipinski definition) is 0. The molecular weight excluding hydrogens is 326 g/mol. The van der Waals surface area contributed by atoms with Gasteiger partial charge in [0.1, 0.15) is 11.3 Å². The van der Waals surface area contributed by atoms with Crippen LogP contribution in [0.4, 0.5) is 0 Å². The van der Waals surface area contributed by atoms with E-state index < -0.39 is 0 Å². The smallest absolute Gasteiger partial charge is 0.273 e. The van der Waals surface area contributed by atoms with E-state index in [1.54, 1.807) is 10.9 Å². The second-order valence-electron chi connectivity index (χ2n) is 6.60. The maximum absolute atomic E-state index is 12.7. The largest absolute Gasteiger partial charge is 0.377 e. The predicted octanol–water partition coefficient (Wildman–Crippen LogP) is 1.88. The normalized spacial score (nSPS) is 27.8. The van der Waals surface area contributed by atoms with Gasteiger partial charge in [-0.05, 0) is 25.9 Å². The van der Waals surface area contributed by atoms with Crippen molar-refractivity contribution in [3.8, 4) is 0 Å². The van der Waals surface area contributed by atoms with E-state index in [-0.39, 0.29) is 17.6 Å². The Morgan fingerprint density at radius 2 is 2.33 bits per heavy atom. The summed E-state index contributed by atoms with van der Waals surface area (Å²) in [6.07, 6.45) is 2.20. The first-order valence-corrected chi connectivity index (χ1v) is 9.75. The second-order valence-corrected chi connectivity index (χ2v) is 7.32. The molecule has 0 aliphatic carbocycles. The molecule has 24 heavy (non-hydrogen) atoms. The summed E-state index contributed by atoms with van der Waals surface area (Å²) in [6, 6.07) is 0. The van der Waals surface area contributed by atoms with Gasteiger partial charge in [-0.2, -0.15) is 0 Å².